The molecule has 0 aromatic heterocycles. The average Bonchev–Trinajstić information content (AvgIpc) is 2.38. The van der Waals surface area contributed by atoms with Crippen LogP contribution in [0.15, 0.2) is 18.2 Å². The minimum Gasteiger partial charge on any atom is -0.345 e. The zero-order valence-electron chi connectivity index (χ0n) is 11.8. The van der Waals surface area contributed by atoms with Crippen molar-refractivity contribution in [3.05, 3.63) is 34.9 Å². The zero-order chi connectivity index (χ0) is 13.8. The summed E-state index contributed by atoms with van der Waals surface area (Å²) in [6.45, 7) is 8.53. The number of aryl methyl sites for hydroxylation is 2. The lowest BCUT2D eigenvalue weighted by Crippen LogP contribution is -2.53. The summed E-state index contributed by atoms with van der Waals surface area (Å²) >= 11 is 0. The van der Waals surface area contributed by atoms with Crippen molar-refractivity contribution in [2.45, 2.75) is 46.1 Å². The molecular formula is C15H24N2O. The Balaban J connectivity index is 2.97. The monoisotopic (exact) mass is 248 g/mol. The van der Waals surface area contributed by atoms with Gasteiger partial charge in [-0.1, -0.05) is 31.5 Å². The molecule has 0 fully saturated rings. The molecule has 0 spiro atoms. The van der Waals surface area contributed by atoms with E-state index in [-0.39, 0.29) is 11.4 Å². The summed E-state index contributed by atoms with van der Waals surface area (Å²) in [6.07, 6.45) is 1.69. The molecule has 0 radical (unpaired) electrons. The van der Waals surface area contributed by atoms with Gasteiger partial charge in [0.2, 0.25) is 0 Å². The van der Waals surface area contributed by atoms with E-state index in [0.29, 0.717) is 6.54 Å². The maximum absolute atomic E-state index is 12.3. The molecule has 0 unspecified atom stereocenters. The summed E-state index contributed by atoms with van der Waals surface area (Å²) in [7, 11) is 0. The minimum absolute atomic E-state index is 0.0228. The summed E-state index contributed by atoms with van der Waals surface area (Å²) in [6, 6.07) is 5.92. The van der Waals surface area contributed by atoms with Gasteiger partial charge in [-0.25, -0.2) is 0 Å². The van der Waals surface area contributed by atoms with Crippen LogP contribution in [0.4, 0.5) is 0 Å². The maximum atomic E-state index is 12.3. The van der Waals surface area contributed by atoms with Crippen molar-refractivity contribution >= 4 is 5.91 Å². The van der Waals surface area contributed by atoms with Crippen LogP contribution in [0, 0.1) is 13.8 Å². The Labute approximate surface area is 110 Å². The number of hydrogen-bond acceptors (Lipinski definition) is 2. The lowest BCUT2D eigenvalue weighted by molar-refractivity contribution is 0.0894. The van der Waals surface area contributed by atoms with E-state index in [1.165, 1.54) is 0 Å². The predicted octanol–water partition coefficient (Wildman–Crippen LogP) is 2.55. The number of amides is 1. The van der Waals surface area contributed by atoms with E-state index in [4.69, 9.17) is 5.73 Å². The van der Waals surface area contributed by atoms with Gasteiger partial charge in [0.05, 0.1) is 5.54 Å². The second-order valence-electron chi connectivity index (χ2n) is 4.96. The van der Waals surface area contributed by atoms with Gasteiger partial charge in [0.1, 0.15) is 0 Å². The Morgan fingerprint density at radius 1 is 1.28 bits per heavy atom. The quantitative estimate of drug-likeness (QED) is 0.841. The van der Waals surface area contributed by atoms with Gasteiger partial charge in [-0.05, 0) is 38.3 Å². The number of carbonyl (C=O) groups excluding carboxylic acids is 1. The van der Waals surface area contributed by atoms with Gasteiger partial charge in [-0.2, -0.15) is 0 Å². The van der Waals surface area contributed by atoms with E-state index in [2.05, 4.69) is 19.2 Å². The lowest BCUT2D eigenvalue weighted by Gasteiger charge is -2.31. The molecule has 0 bridgehead atoms. The normalized spacial score (nSPS) is 11.4. The Kier molecular flexibility index (Phi) is 4.91. The van der Waals surface area contributed by atoms with Gasteiger partial charge in [0.15, 0.2) is 0 Å². The summed E-state index contributed by atoms with van der Waals surface area (Å²) in [4.78, 5) is 12.3. The third kappa shape index (κ3) is 3.10. The van der Waals surface area contributed by atoms with E-state index in [0.717, 1.165) is 29.5 Å². The summed E-state index contributed by atoms with van der Waals surface area (Å²) < 4.78 is 0. The van der Waals surface area contributed by atoms with Gasteiger partial charge in [-0.3, -0.25) is 4.79 Å². The first-order valence-corrected chi connectivity index (χ1v) is 6.58. The predicted molar refractivity (Wildman–Crippen MR) is 75.7 cm³/mol. The molecule has 0 saturated heterocycles. The van der Waals surface area contributed by atoms with Gasteiger partial charge in [0, 0.05) is 12.1 Å². The molecule has 18 heavy (non-hydrogen) atoms. The van der Waals surface area contributed by atoms with E-state index >= 15 is 0 Å². The molecule has 0 aliphatic rings. The van der Waals surface area contributed by atoms with E-state index < -0.39 is 0 Å². The third-order valence-corrected chi connectivity index (χ3v) is 3.76. The van der Waals surface area contributed by atoms with Crippen molar-refractivity contribution < 1.29 is 4.79 Å². The second-order valence-corrected chi connectivity index (χ2v) is 4.96. The number of carbonyl (C=O) groups is 1. The Morgan fingerprint density at radius 3 is 2.39 bits per heavy atom. The first-order valence-electron chi connectivity index (χ1n) is 6.58. The van der Waals surface area contributed by atoms with E-state index in [1.54, 1.807) is 0 Å². The van der Waals surface area contributed by atoms with Crippen molar-refractivity contribution in [1.29, 1.82) is 0 Å². The lowest BCUT2D eigenvalue weighted by atomic mass is 9.92. The second kappa shape index (κ2) is 6.01. The Hall–Kier alpha value is -1.35. The smallest absolute Gasteiger partial charge is 0.252 e. The molecule has 0 aliphatic carbocycles. The average molecular weight is 248 g/mol. The topological polar surface area (TPSA) is 55.1 Å². The van der Waals surface area contributed by atoms with Crippen LogP contribution in [0.5, 0.6) is 0 Å². The molecule has 3 heteroatoms. The molecular weight excluding hydrogens is 224 g/mol. The number of hydrogen-bond donors (Lipinski definition) is 2. The van der Waals surface area contributed by atoms with Crippen LogP contribution in [0.2, 0.25) is 0 Å². The van der Waals surface area contributed by atoms with Crippen molar-refractivity contribution in [3.63, 3.8) is 0 Å². The van der Waals surface area contributed by atoms with Gasteiger partial charge in [0.25, 0.3) is 5.91 Å². The highest BCUT2D eigenvalue weighted by Gasteiger charge is 2.27. The van der Waals surface area contributed by atoms with Crippen molar-refractivity contribution in [1.82, 2.24) is 5.32 Å². The van der Waals surface area contributed by atoms with Crippen LogP contribution in [-0.2, 0) is 0 Å². The molecule has 3 N–H and O–H groups in total. The highest BCUT2D eigenvalue weighted by molar-refractivity contribution is 5.96. The molecule has 3 nitrogen and oxygen atoms in total. The number of nitrogens with two attached hydrogens (primary N) is 1. The van der Waals surface area contributed by atoms with Gasteiger partial charge in [-0.15, -0.1) is 0 Å². The molecule has 100 valence electrons. The van der Waals surface area contributed by atoms with Gasteiger partial charge < -0.3 is 11.1 Å². The van der Waals surface area contributed by atoms with Crippen LogP contribution in [0.1, 0.15) is 48.2 Å². The van der Waals surface area contributed by atoms with Crippen LogP contribution < -0.4 is 11.1 Å². The maximum Gasteiger partial charge on any atom is 0.252 e. The summed E-state index contributed by atoms with van der Waals surface area (Å²) in [5, 5.41) is 3.10. The Morgan fingerprint density at radius 2 is 1.89 bits per heavy atom. The Bertz CT molecular complexity index is 414. The van der Waals surface area contributed by atoms with Crippen molar-refractivity contribution in [2.75, 3.05) is 6.54 Å². The van der Waals surface area contributed by atoms with E-state index in [1.807, 2.05) is 32.0 Å². The molecule has 1 aromatic rings. The summed E-state index contributed by atoms with van der Waals surface area (Å²) in [5.74, 6) is -0.0228. The van der Waals surface area contributed by atoms with Crippen molar-refractivity contribution in [2.24, 2.45) is 5.73 Å². The van der Waals surface area contributed by atoms with Crippen LogP contribution in [0.3, 0.4) is 0 Å². The SMILES string of the molecule is CCC(CC)(CN)NC(=O)c1cc(C)ccc1C. The molecule has 0 atom stereocenters. The highest BCUT2D eigenvalue weighted by Crippen LogP contribution is 2.16. The van der Waals surface area contributed by atoms with Crippen LogP contribution in [-0.4, -0.2) is 18.0 Å². The molecule has 1 amide bonds. The first-order chi connectivity index (χ1) is 8.48. The fourth-order valence-electron chi connectivity index (χ4n) is 2.06. The largest absolute Gasteiger partial charge is 0.345 e. The number of benzene rings is 1. The molecule has 0 saturated carbocycles. The summed E-state index contributed by atoms with van der Waals surface area (Å²) in [5.41, 5.74) is 8.36. The minimum atomic E-state index is -0.284. The molecule has 0 aliphatic heterocycles. The van der Waals surface area contributed by atoms with Gasteiger partial charge >= 0.3 is 0 Å². The fourth-order valence-corrected chi connectivity index (χ4v) is 2.06. The standard InChI is InChI=1S/C15H24N2O/c1-5-15(6-2,10-16)17-14(18)13-9-11(3)7-8-12(13)4/h7-9H,5-6,10,16H2,1-4H3,(H,17,18). The fraction of sp³-hybridized carbons (Fsp3) is 0.533. The molecule has 0 heterocycles. The molecule has 1 aromatic carbocycles. The highest BCUT2D eigenvalue weighted by atomic mass is 16.1. The van der Waals surface area contributed by atoms with Crippen molar-refractivity contribution in [3.8, 4) is 0 Å². The molecule has 1 rings (SSSR count). The zero-order valence-corrected chi connectivity index (χ0v) is 11.8. The third-order valence-electron chi connectivity index (χ3n) is 3.76. The van der Waals surface area contributed by atoms with E-state index in [9.17, 15) is 4.79 Å². The first kappa shape index (κ1) is 14.7. The number of nitrogens with one attached hydrogen (secondary N) is 1. The van der Waals surface area contributed by atoms with Crippen LogP contribution in [0.25, 0.3) is 0 Å². The van der Waals surface area contributed by atoms with Crippen LogP contribution >= 0.6 is 0 Å². The number of rotatable bonds is 5.